The highest BCUT2D eigenvalue weighted by molar-refractivity contribution is 9.10. The number of aromatic carboxylic acids is 1. The quantitative estimate of drug-likeness (QED) is 0.547. The van der Waals surface area contributed by atoms with E-state index in [0.29, 0.717) is 24.7 Å². The van der Waals surface area contributed by atoms with E-state index in [0.717, 1.165) is 38.6 Å². The number of hydrogen-bond donors (Lipinski definition) is 2. The summed E-state index contributed by atoms with van der Waals surface area (Å²) in [4.78, 5) is 16.4. The second kappa shape index (κ2) is 8.23. The fraction of sp³-hybridized carbons (Fsp3) is 0.182. The number of methoxy groups -OCH3 is 1. The Bertz CT molecular complexity index is 1130. The first-order valence-corrected chi connectivity index (χ1v) is 9.90. The van der Waals surface area contributed by atoms with E-state index in [9.17, 15) is 9.90 Å². The SMILES string of the molecule is COc1ccc(Nc2c(C3=CCOCC3)cnc3ccc(Br)cc23)c(C(=O)O)c1. The number of aromatic nitrogens is 1. The van der Waals surface area contributed by atoms with Crippen LogP contribution in [-0.4, -0.2) is 36.4 Å². The molecule has 6 nitrogen and oxygen atoms in total. The Morgan fingerprint density at radius 1 is 1.28 bits per heavy atom. The minimum absolute atomic E-state index is 0.135. The van der Waals surface area contributed by atoms with Gasteiger partial charge in [0.2, 0.25) is 0 Å². The second-order valence-corrected chi connectivity index (χ2v) is 7.52. The summed E-state index contributed by atoms with van der Waals surface area (Å²) in [5.41, 5.74) is 4.31. The number of carboxylic acids is 1. The Kier molecular flexibility index (Phi) is 5.51. The lowest BCUT2D eigenvalue weighted by atomic mass is 9.98. The van der Waals surface area contributed by atoms with Gasteiger partial charge < -0.3 is 19.9 Å². The summed E-state index contributed by atoms with van der Waals surface area (Å²) >= 11 is 3.53. The Labute approximate surface area is 176 Å². The zero-order valence-electron chi connectivity index (χ0n) is 15.7. The average Bonchev–Trinajstić information content (AvgIpc) is 2.74. The number of nitrogens with one attached hydrogen (secondary N) is 1. The highest BCUT2D eigenvalue weighted by Gasteiger charge is 2.18. The van der Waals surface area contributed by atoms with E-state index in [4.69, 9.17) is 9.47 Å². The number of carboxylic acid groups (broad SMARTS) is 1. The fourth-order valence-electron chi connectivity index (χ4n) is 3.39. The van der Waals surface area contributed by atoms with Crippen LogP contribution in [0.15, 0.2) is 53.1 Å². The van der Waals surface area contributed by atoms with Crippen molar-refractivity contribution in [3.8, 4) is 5.75 Å². The van der Waals surface area contributed by atoms with Gasteiger partial charge in [0.05, 0.1) is 42.8 Å². The van der Waals surface area contributed by atoms with E-state index in [1.807, 2.05) is 30.5 Å². The Balaban J connectivity index is 1.91. The Morgan fingerprint density at radius 3 is 2.86 bits per heavy atom. The van der Waals surface area contributed by atoms with Crippen molar-refractivity contribution in [2.75, 3.05) is 25.6 Å². The van der Waals surface area contributed by atoms with Crippen molar-refractivity contribution in [2.24, 2.45) is 0 Å². The van der Waals surface area contributed by atoms with Crippen LogP contribution >= 0.6 is 15.9 Å². The third-order valence-electron chi connectivity index (χ3n) is 4.86. The molecule has 1 aliphatic heterocycles. The highest BCUT2D eigenvalue weighted by Crippen LogP contribution is 2.37. The van der Waals surface area contributed by atoms with Gasteiger partial charge in [-0.15, -0.1) is 0 Å². The summed E-state index contributed by atoms with van der Waals surface area (Å²) in [5.74, 6) is -0.541. The molecule has 0 fully saturated rings. The predicted molar refractivity (Wildman–Crippen MR) is 116 cm³/mol. The molecule has 2 aromatic carbocycles. The molecule has 0 spiro atoms. The molecule has 3 aromatic rings. The van der Waals surface area contributed by atoms with Crippen LogP contribution in [0.4, 0.5) is 11.4 Å². The molecule has 0 atom stereocenters. The summed E-state index contributed by atoms with van der Waals surface area (Å²) in [7, 11) is 1.51. The van der Waals surface area contributed by atoms with Crippen LogP contribution in [0.5, 0.6) is 5.75 Å². The van der Waals surface area contributed by atoms with Crippen LogP contribution in [0.25, 0.3) is 16.5 Å². The van der Waals surface area contributed by atoms with Crippen LogP contribution < -0.4 is 10.1 Å². The molecule has 0 aliphatic carbocycles. The number of fused-ring (bicyclic) bond motifs is 1. The van der Waals surface area contributed by atoms with Gasteiger partial charge in [0.25, 0.3) is 0 Å². The van der Waals surface area contributed by atoms with Crippen LogP contribution in [0.2, 0.25) is 0 Å². The van der Waals surface area contributed by atoms with Crippen LogP contribution in [0.1, 0.15) is 22.3 Å². The summed E-state index contributed by atoms with van der Waals surface area (Å²) in [6, 6.07) is 10.8. The van der Waals surface area contributed by atoms with Gasteiger partial charge in [0, 0.05) is 21.6 Å². The maximum atomic E-state index is 11.8. The molecule has 148 valence electrons. The Hall–Kier alpha value is -2.90. The van der Waals surface area contributed by atoms with Crippen LogP contribution in [0.3, 0.4) is 0 Å². The number of rotatable bonds is 5. The molecule has 0 bridgehead atoms. The minimum Gasteiger partial charge on any atom is -0.497 e. The van der Waals surface area contributed by atoms with Crippen molar-refractivity contribution in [3.05, 3.63) is 64.3 Å². The van der Waals surface area contributed by atoms with E-state index in [1.165, 1.54) is 13.2 Å². The van der Waals surface area contributed by atoms with Crippen molar-refractivity contribution in [1.82, 2.24) is 4.98 Å². The molecule has 2 N–H and O–H groups in total. The first-order valence-electron chi connectivity index (χ1n) is 9.10. The maximum absolute atomic E-state index is 11.8. The van der Waals surface area contributed by atoms with Gasteiger partial charge >= 0.3 is 5.97 Å². The van der Waals surface area contributed by atoms with Crippen LogP contribution in [0, 0.1) is 0 Å². The molecule has 1 aromatic heterocycles. The molecular weight excluding hydrogens is 436 g/mol. The van der Waals surface area contributed by atoms with Gasteiger partial charge in [-0.05, 0) is 48.4 Å². The van der Waals surface area contributed by atoms with Gasteiger partial charge in [-0.25, -0.2) is 4.79 Å². The van der Waals surface area contributed by atoms with E-state index in [-0.39, 0.29) is 5.56 Å². The molecule has 7 heteroatoms. The fourth-order valence-corrected chi connectivity index (χ4v) is 3.75. The lowest BCUT2D eigenvalue weighted by molar-refractivity contribution is 0.0697. The predicted octanol–water partition coefficient (Wildman–Crippen LogP) is 5.25. The van der Waals surface area contributed by atoms with E-state index in [2.05, 4.69) is 26.2 Å². The first-order chi connectivity index (χ1) is 14.1. The third kappa shape index (κ3) is 3.97. The van der Waals surface area contributed by atoms with Gasteiger partial charge in [-0.2, -0.15) is 0 Å². The molecule has 1 aliphatic rings. The molecule has 4 rings (SSSR count). The van der Waals surface area contributed by atoms with E-state index < -0.39 is 5.97 Å². The average molecular weight is 455 g/mol. The molecule has 2 heterocycles. The smallest absolute Gasteiger partial charge is 0.337 e. The van der Waals surface area contributed by atoms with Crippen molar-refractivity contribution < 1.29 is 19.4 Å². The number of benzene rings is 2. The number of ether oxygens (including phenoxy) is 2. The van der Waals surface area contributed by atoms with Gasteiger partial charge in [-0.1, -0.05) is 22.0 Å². The van der Waals surface area contributed by atoms with Crippen molar-refractivity contribution >= 4 is 49.8 Å². The Morgan fingerprint density at radius 2 is 2.14 bits per heavy atom. The number of pyridine rings is 1. The van der Waals surface area contributed by atoms with Crippen molar-refractivity contribution in [2.45, 2.75) is 6.42 Å². The minimum atomic E-state index is -1.03. The number of anilines is 2. The zero-order chi connectivity index (χ0) is 20.4. The van der Waals surface area contributed by atoms with E-state index >= 15 is 0 Å². The van der Waals surface area contributed by atoms with Crippen molar-refractivity contribution in [3.63, 3.8) is 0 Å². The van der Waals surface area contributed by atoms with E-state index in [1.54, 1.807) is 12.1 Å². The molecule has 0 saturated heterocycles. The summed E-state index contributed by atoms with van der Waals surface area (Å²) in [6.45, 7) is 1.19. The number of nitrogens with zero attached hydrogens (tertiary/aromatic N) is 1. The summed E-state index contributed by atoms with van der Waals surface area (Å²) < 4.78 is 11.5. The summed E-state index contributed by atoms with van der Waals surface area (Å²) in [5, 5.41) is 14.0. The van der Waals surface area contributed by atoms with Gasteiger partial charge in [-0.3, -0.25) is 4.98 Å². The number of halogens is 1. The van der Waals surface area contributed by atoms with Gasteiger partial charge in [0.1, 0.15) is 5.75 Å². The lowest BCUT2D eigenvalue weighted by Crippen LogP contribution is -2.08. The topological polar surface area (TPSA) is 80.7 Å². The highest BCUT2D eigenvalue weighted by atomic mass is 79.9. The third-order valence-corrected chi connectivity index (χ3v) is 5.35. The van der Waals surface area contributed by atoms with Crippen molar-refractivity contribution in [1.29, 1.82) is 0 Å². The normalized spacial score (nSPS) is 13.8. The zero-order valence-corrected chi connectivity index (χ0v) is 17.3. The molecule has 0 amide bonds. The van der Waals surface area contributed by atoms with Crippen LogP contribution in [-0.2, 0) is 4.74 Å². The maximum Gasteiger partial charge on any atom is 0.337 e. The second-order valence-electron chi connectivity index (χ2n) is 6.60. The largest absolute Gasteiger partial charge is 0.497 e. The van der Waals surface area contributed by atoms with Gasteiger partial charge in [0.15, 0.2) is 0 Å². The first kappa shape index (κ1) is 19.4. The summed E-state index contributed by atoms with van der Waals surface area (Å²) in [6.07, 6.45) is 4.64. The number of carbonyl (C=O) groups is 1. The number of hydrogen-bond acceptors (Lipinski definition) is 5. The molecule has 0 radical (unpaired) electrons. The standard InChI is InChI=1S/C22H19BrN2O4/c1-28-15-3-5-20(17(11-15)22(26)27)25-21-16-10-14(23)2-4-19(16)24-12-18(21)13-6-8-29-9-7-13/h2-6,10-12H,7-9H2,1H3,(H,24,25)(H,26,27). The lowest BCUT2D eigenvalue weighted by Gasteiger charge is -2.20. The molecular formula is C22H19BrN2O4. The monoisotopic (exact) mass is 454 g/mol. The molecule has 0 unspecified atom stereocenters. The molecule has 29 heavy (non-hydrogen) atoms. The molecule has 0 saturated carbocycles.